The minimum absolute atomic E-state index is 0.0390. The van der Waals surface area contributed by atoms with E-state index in [4.69, 9.17) is 0 Å². The third-order valence-corrected chi connectivity index (χ3v) is 6.61. The van der Waals surface area contributed by atoms with Crippen LogP contribution in [0.1, 0.15) is 30.9 Å². The summed E-state index contributed by atoms with van der Waals surface area (Å²) in [5.41, 5.74) is 0.622. The molecule has 164 valence electrons. The standard InChI is InChI=1S/C23H34N4O3/c1-17-8-6-7-9-19(17)23(14-20(28)26-12-11-25(5)18(2)16-26)15-21(29)27(22(23)30)13-10-24(3)4/h6-9,18H,10-16H2,1-5H3/t18-,23-/m1/s1. The van der Waals surface area contributed by atoms with Crippen molar-refractivity contribution in [3.05, 3.63) is 35.4 Å². The highest BCUT2D eigenvalue weighted by Gasteiger charge is 2.54. The molecule has 3 amide bonds. The van der Waals surface area contributed by atoms with Crippen molar-refractivity contribution in [2.24, 2.45) is 0 Å². The Labute approximate surface area is 179 Å². The third kappa shape index (κ3) is 4.27. The van der Waals surface area contributed by atoms with E-state index in [9.17, 15) is 14.4 Å². The lowest BCUT2D eigenvalue weighted by molar-refractivity contribution is -0.143. The first-order valence-electron chi connectivity index (χ1n) is 10.7. The van der Waals surface area contributed by atoms with Gasteiger partial charge in [0.15, 0.2) is 0 Å². The van der Waals surface area contributed by atoms with Gasteiger partial charge in [-0.2, -0.15) is 0 Å². The molecule has 2 fully saturated rings. The molecule has 3 rings (SSSR count). The number of likely N-dealkylation sites (tertiary alicyclic amines) is 1. The molecule has 0 spiro atoms. The summed E-state index contributed by atoms with van der Waals surface area (Å²) in [5.74, 6) is -0.474. The predicted molar refractivity (Wildman–Crippen MR) is 116 cm³/mol. The zero-order valence-electron chi connectivity index (χ0n) is 18.9. The minimum atomic E-state index is -1.11. The molecule has 0 bridgehead atoms. The molecule has 2 aliphatic rings. The SMILES string of the molecule is Cc1ccccc1[C@@]1(CC(=O)N2CCN(C)[C@H](C)C2)CC(=O)N(CCN(C)C)C1=O. The molecule has 1 aromatic rings. The fraction of sp³-hybridized carbons (Fsp3) is 0.609. The smallest absolute Gasteiger partial charge is 0.240 e. The van der Waals surface area contributed by atoms with Crippen molar-refractivity contribution < 1.29 is 14.4 Å². The van der Waals surface area contributed by atoms with E-state index in [2.05, 4.69) is 18.9 Å². The summed E-state index contributed by atoms with van der Waals surface area (Å²) in [6.45, 7) is 7.10. The normalized spacial score (nSPS) is 25.5. The molecule has 2 saturated heterocycles. The highest BCUT2D eigenvalue weighted by atomic mass is 16.2. The average Bonchev–Trinajstić information content (AvgIpc) is 2.92. The van der Waals surface area contributed by atoms with Gasteiger partial charge in [-0.3, -0.25) is 19.3 Å². The molecule has 2 aliphatic heterocycles. The van der Waals surface area contributed by atoms with Crippen LogP contribution in [0, 0.1) is 6.92 Å². The number of hydrogen-bond acceptors (Lipinski definition) is 5. The van der Waals surface area contributed by atoms with Crippen LogP contribution in [0.25, 0.3) is 0 Å². The maximum absolute atomic E-state index is 13.6. The van der Waals surface area contributed by atoms with Crippen LogP contribution in [-0.4, -0.2) is 97.2 Å². The van der Waals surface area contributed by atoms with Crippen molar-refractivity contribution in [3.8, 4) is 0 Å². The number of rotatable bonds is 6. The van der Waals surface area contributed by atoms with Crippen LogP contribution in [0.15, 0.2) is 24.3 Å². The summed E-state index contributed by atoms with van der Waals surface area (Å²) >= 11 is 0. The number of nitrogens with zero attached hydrogens (tertiary/aromatic N) is 4. The summed E-state index contributed by atoms with van der Waals surface area (Å²) in [5, 5.41) is 0. The van der Waals surface area contributed by atoms with Crippen LogP contribution in [0.4, 0.5) is 0 Å². The van der Waals surface area contributed by atoms with Crippen molar-refractivity contribution in [3.63, 3.8) is 0 Å². The lowest BCUT2D eigenvalue weighted by Crippen LogP contribution is -2.53. The van der Waals surface area contributed by atoms with Crippen LogP contribution in [0.5, 0.6) is 0 Å². The first-order valence-corrected chi connectivity index (χ1v) is 10.7. The number of carbonyl (C=O) groups is 3. The van der Waals surface area contributed by atoms with Gasteiger partial charge in [0.1, 0.15) is 0 Å². The summed E-state index contributed by atoms with van der Waals surface area (Å²) in [6.07, 6.45) is 0.0937. The van der Waals surface area contributed by atoms with Crippen LogP contribution < -0.4 is 0 Å². The number of benzene rings is 1. The molecule has 30 heavy (non-hydrogen) atoms. The van der Waals surface area contributed by atoms with Crippen molar-refractivity contribution in [1.29, 1.82) is 0 Å². The Balaban J connectivity index is 1.92. The number of carbonyl (C=O) groups excluding carboxylic acids is 3. The summed E-state index contributed by atoms with van der Waals surface area (Å²) in [6, 6.07) is 7.92. The molecule has 0 radical (unpaired) electrons. The molecule has 0 aromatic heterocycles. The van der Waals surface area contributed by atoms with Gasteiger partial charge in [-0.05, 0) is 46.1 Å². The van der Waals surface area contributed by atoms with Gasteiger partial charge < -0.3 is 14.7 Å². The van der Waals surface area contributed by atoms with Gasteiger partial charge in [0, 0.05) is 51.6 Å². The monoisotopic (exact) mass is 414 g/mol. The molecule has 1 aromatic carbocycles. The molecule has 0 N–H and O–H groups in total. The number of amides is 3. The fourth-order valence-corrected chi connectivity index (χ4v) is 4.53. The second-order valence-electron chi connectivity index (χ2n) is 9.07. The second kappa shape index (κ2) is 8.86. The maximum atomic E-state index is 13.6. The van der Waals surface area contributed by atoms with E-state index in [0.717, 1.165) is 17.7 Å². The fourth-order valence-electron chi connectivity index (χ4n) is 4.53. The molecule has 7 heteroatoms. The van der Waals surface area contributed by atoms with Crippen molar-refractivity contribution in [2.75, 3.05) is 53.9 Å². The van der Waals surface area contributed by atoms with Crippen molar-refractivity contribution >= 4 is 17.7 Å². The van der Waals surface area contributed by atoms with Gasteiger partial charge in [-0.1, -0.05) is 24.3 Å². The quantitative estimate of drug-likeness (QED) is 0.653. The molecule has 0 aliphatic carbocycles. The topological polar surface area (TPSA) is 64.2 Å². The van der Waals surface area contributed by atoms with Crippen molar-refractivity contribution in [2.45, 2.75) is 38.1 Å². The maximum Gasteiger partial charge on any atom is 0.240 e. The average molecular weight is 415 g/mol. The van der Waals surface area contributed by atoms with Gasteiger partial charge in [-0.15, -0.1) is 0 Å². The van der Waals surface area contributed by atoms with E-state index in [0.29, 0.717) is 26.2 Å². The highest BCUT2D eigenvalue weighted by molar-refractivity contribution is 6.11. The van der Waals surface area contributed by atoms with Gasteiger partial charge in [0.25, 0.3) is 0 Å². The molecule has 2 atom stereocenters. The van der Waals surface area contributed by atoms with Crippen LogP contribution in [0.3, 0.4) is 0 Å². The molecule has 0 unspecified atom stereocenters. The molecular weight excluding hydrogens is 380 g/mol. The van der Waals surface area contributed by atoms with Gasteiger partial charge in [0.05, 0.1) is 5.41 Å². The third-order valence-electron chi connectivity index (χ3n) is 6.61. The summed E-state index contributed by atoms with van der Waals surface area (Å²) in [7, 11) is 5.89. The Hall–Kier alpha value is -2.25. The van der Waals surface area contributed by atoms with E-state index in [1.165, 1.54) is 4.90 Å². The summed E-state index contributed by atoms with van der Waals surface area (Å²) < 4.78 is 0. The zero-order chi connectivity index (χ0) is 22.1. The molecule has 0 saturated carbocycles. The zero-order valence-corrected chi connectivity index (χ0v) is 18.9. The Kier molecular flexibility index (Phi) is 6.62. The van der Waals surface area contributed by atoms with Gasteiger partial charge >= 0.3 is 0 Å². The largest absolute Gasteiger partial charge is 0.340 e. The van der Waals surface area contributed by atoms with Gasteiger partial charge in [-0.25, -0.2) is 0 Å². The van der Waals surface area contributed by atoms with E-state index in [1.807, 2.05) is 55.1 Å². The van der Waals surface area contributed by atoms with Crippen LogP contribution >= 0.6 is 0 Å². The Bertz CT molecular complexity index is 824. The Morgan fingerprint density at radius 2 is 1.90 bits per heavy atom. The first kappa shape index (κ1) is 22.4. The van der Waals surface area contributed by atoms with E-state index >= 15 is 0 Å². The number of likely N-dealkylation sites (N-methyl/N-ethyl adjacent to an activating group) is 2. The van der Waals surface area contributed by atoms with Crippen LogP contribution in [-0.2, 0) is 19.8 Å². The first-order chi connectivity index (χ1) is 14.2. The molecule has 7 nitrogen and oxygen atoms in total. The summed E-state index contributed by atoms with van der Waals surface area (Å²) in [4.78, 5) is 47.3. The van der Waals surface area contributed by atoms with E-state index in [1.54, 1.807) is 0 Å². The molecule has 2 heterocycles. The lowest BCUT2D eigenvalue weighted by atomic mass is 9.74. The van der Waals surface area contributed by atoms with E-state index in [-0.39, 0.29) is 36.6 Å². The number of piperazine rings is 1. The number of hydrogen-bond donors (Lipinski definition) is 0. The van der Waals surface area contributed by atoms with Crippen LogP contribution in [0.2, 0.25) is 0 Å². The minimum Gasteiger partial charge on any atom is -0.340 e. The second-order valence-corrected chi connectivity index (χ2v) is 9.07. The van der Waals surface area contributed by atoms with Crippen molar-refractivity contribution in [1.82, 2.24) is 19.6 Å². The van der Waals surface area contributed by atoms with E-state index < -0.39 is 5.41 Å². The lowest BCUT2D eigenvalue weighted by Gasteiger charge is -2.39. The number of aryl methyl sites for hydroxylation is 1. The highest BCUT2D eigenvalue weighted by Crippen LogP contribution is 2.41. The molecular formula is C23H34N4O3. The number of imide groups is 1. The Morgan fingerprint density at radius 3 is 2.53 bits per heavy atom. The Morgan fingerprint density at radius 1 is 1.20 bits per heavy atom. The predicted octanol–water partition coefficient (Wildman–Crippen LogP) is 1.11. The van der Waals surface area contributed by atoms with Gasteiger partial charge in [0.2, 0.25) is 17.7 Å².